The maximum Gasteiger partial charge on any atom is 0.271 e. The summed E-state index contributed by atoms with van der Waals surface area (Å²) in [7, 11) is -3.67. The molecule has 128 valence electrons. The third-order valence-corrected chi connectivity index (χ3v) is 4.85. The van der Waals surface area contributed by atoms with Crippen molar-refractivity contribution in [1.82, 2.24) is 10.1 Å². The van der Waals surface area contributed by atoms with Gasteiger partial charge in [-0.05, 0) is 36.8 Å². The van der Waals surface area contributed by atoms with Crippen LogP contribution < -0.4 is 20.7 Å². The highest BCUT2D eigenvalue weighted by molar-refractivity contribution is 7.89. The largest absolute Gasteiger partial charge is 0.484 e. The van der Waals surface area contributed by atoms with Crippen molar-refractivity contribution in [1.29, 1.82) is 0 Å². The van der Waals surface area contributed by atoms with Crippen LogP contribution in [0.15, 0.2) is 59.5 Å². The van der Waals surface area contributed by atoms with Crippen LogP contribution in [-0.2, 0) is 14.8 Å². The van der Waals surface area contributed by atoms with Gasteiger partial charge in [-0.1, -0.05) is 30.3 Å². The topological polar surface area (TPSA) is 111 Å². The van der Waals surface area contributed by atoms with Crippen LogP contribution in [0.1, 0.15) is 18.5 Å². The Labute approximate surface area is 140 Å². The van der Waals surface area contributed by atoms with Gasteiger partial charge in [-0.3, -0.25) is 10.2 Å². The lowest BCUT2D eigenvalue weighted by Gasteiger charge is -2.15. The molecular weight excluding hydrogens is 330 g/mol. The van der Waals surface area contributed by atoms with Gasteiger partial charge >= 0.3 is 0 Å². The van der Waals surface area contributed by atoms with Crippen LogP contribution in [0.2, 0.25) is 0 Å². The Morgan fingerprint density at radius 3 is 2.33 bits per heavy atom. The summed E-state index contributed by atoms with van der Waals surface area (Å²) in [5, 5.41) is 0. The van der Waals surface area contributed by atoms with Crippen molar-refractivity contribution >= 4 is 15.9 Å². The third kappa shape index (κ3) is 4.79. The highest BCUT2D eigenvalue weighted by Crippen LogP contribution is 2.19. The molecule has 1 atom stereocenters. The molecule has 0 saturated carbocycles. The number of hydrogen-bond acceptors (Lipinski definition) is 5. The molecule has 0 saturated heterocycles. The number of sulfonamides is 1. The van der Waals surface area contributed by atoms with Crippen molar-refractivity contribution in [2.24, 2.45) is 5.84 Å². The standard InChI is InChI=1S/C16H19N3O4S/c1-12(13-5-3-2-4-6-13)19-24(21,22)15-9-7-14(8-10-15)23-11-16(20)18-17/h2-10,12,19H,11,17H2,1H3,(H,18,20)/t12-/m1/s1. The van der Waals surface area contributed by atoms with Crippen LogP contribution in [0.4, 0.5) is 0 Å². The first-order valence-electron chi connectivity index (χ1n) is 7.22. The molecule has 0 bridgehead atoms. The summed E-state index contributed by atoms with van der Waals surface area (Å²) in [6, 6.07) is 14.7. The van der Waals surface area contributed by atoms with E-state index in [-0.39, 0.29) is 17.5 Å². The predicted molar refractivity (Wildman–Crippen MR) is 89.4 cm³/mol. The minimum atomic E-state index is -3.67. The van der Waals surface area contributed by atoms with Gasteiger partial charge in [0.25, 0.3) is 5.91 Å². The summed E-state index contributed by atoms with van der Waals surface area (Å²) in [6.07, 6.45) is 0. The average molecular weight is 349 g/mol. The number of hydrogen-bond donors (Lipinski definition) is 3. The van der Waals surface area contributed by atoms with Gasteiger partial charge in [0, 0.05) is 6.04 Å². The van der Waals surface area contributed by atoms with Gasteiger partial charge in [0.15, 0.2) is 6.61 Å². The van der Waals surface area contributed by atoms with Gasteiger partial charge in [0.1, 0.15) is 5.75 Å². The Kier molecular flexibility index (Phi) is 5.91. The lowest BCUT2D eigenvalue weighted by Crippen LogP contribution is -2.34. The van der Waals surface area contributed by atoms with Crippen LogP contribution >= 0.6 is 0 Å². The van der Waals surface area contributed by atoms with E-state index in [1.165, 1.54) is 24.3 Å². The Bertz CT molecular complexity index is 777. The van der Waals surface area contributed by atoms with Crippen molar-refractivity contribution < 1.29 is 17.9 Å². The zero-order valence-corrected chi connectivity index (χ0v) is 13.9. The first-order chi connectivity index (χ1) is 11.4. The number of rotatable bonds is 7. The van der Waals surface area contributed by atoms with E-state index in [1.807, 2.05) is 35.8 Å². The van der Waals surface area contributed by atoms with E-state index in [0.29, 0.717) is 5.75 Å². The second kappa shape index (κ2) is 7.91. The molecule has 7 nitrogen and oxygen atoms in total. The molecule has 4 N–H and O–H groups in total. The van der Waals surface area contributed by atoms with Crippen LogP contribution in [0.5, 0.6) is 5.75 Å². The van der Waals surface area contributed by atoms with Gasteiger partial charge < -0.3 is 4.74 Å². The van der Waals surface area contributed by atoms with E-state index in [2.05, 4.69) is 4.72 Å². The Balaban J connectivity index is 2.05. The molecule has 0 fully saturated rings. The Morgan fingerprint density at radius 1 is 1.12 bits per heavy atom. The molecule has 24 heavy (non-hydrogen) atoms. The van der Waals surface area contributed by atoms with Gasteiger partial charge in [-0.25, -0.2) is 19.0 Å². The van der Waals surface area contributed by atoms with Crippen molar-refractivity contribution in [3.05, 3.63) is 60.2 Å². The Hall–Kier alpha value is -2.42. The summed E-state index contributed by atoms with van der Waals surface area (Å²) in [4.78, 5) is 11.1. The molecule has 2 aromatic rings. The van der Waals surface area contributed by atoms with Crippen molar-refractivity contribution in [3.63, 3.8) is 0 Å². The molecule has 2 aromatic carbocycles. The van der Waals surface area contributed by atoms with Crippen LogP contribution in [0.3, 0.4) is 0 Å². The first-order valence-corrected chi connectivity index (χ1v) is 8.70. The highest BCUT2D eigenvalue weighted by Gasteiger charge is 2.18. The molecule has 0 heterocycles. The van der Waals surface area contributed by atoms with Crippen molar-refractivity contribution in [2.75, 3.05) is 6.61 Å². The zero-order chi connectivity index (χ0) is 17.6. The van der Waals surface area contributed by atoms with Gasteiger partial charge in [0.05, 0.1) is 4.90 Å². The first kappa shape index (κ1) is 17.9. The van der Waals surface area contributed by atoms with Gasteiger partial charge in [-0.15, -0.1) is 0 Å². The van der Waals surface area contributed by atoms with Crippen LogP contribution in [0.25, 0.3) is 0 Å². The molecule has 0 unspecified atom stereocenters. The van der Waals surface area contributed by atoms with Crippen LogP contribution in [-0.4, -0.2) is 20.9 Å². The molecule has 0 radical (unpaired) electrons. The molecule has 0 aliphatic rings. The Morgan fingerprint density at radius 2 is 1.75 bits per heavy atom. The van der Waals surface area contributed by atoms with Gasteiger partial charge in [0.2, 0.25) is 10.0 Å². The average Bonchev–Trinajstić information content (AvgIpc) is 2.60. The SMILES string of the molecule is C[C@@H](NS(=O)(=O)c1ccc(OCC(=O)NN)cc1)c1ccccc1. The number of nitrogens with one attached hydrogen (secondary N) is 2. The fourth-order valence-electron chi connectivity index (χ4n) is 2.02. The van der Waals surface area contributed by atoms with E-state index in [4.69, 9.17) is 10.6 Å². The second-order valence-electron chi connectivity index (χ2n) is 5.08. The molecule has 0 spiro atoms. The predicted octanol–water partition coefficient (Wildman–Crippen LogP) is 1.09. The summed E-state index contributed by atoms with van der Waals surface area (Å²) >= 11 is 0. The highest BCUT2D eigenvalue weighted by atomic mass is 32.2. The normalized spacial score (nSPS) is 12.4. The number of ether oxygens (including phenoxy) is 1. The van der Waals surface area contributed by atoms with Gasteiger partial charge in [-0.2, -0.15) is 0 Å². The minimum Gasteiger partial charge on any atom is -0.484 e. The van der Waals surface area contributed by atoms with E-state index in [1.54, 1.807) is 6.92 Å². The fraction of sp³-hybridized carbons (Fsp3) is 0.188. The molecule has 2 rings (SSSR count). The molecular formula is C16H19N3O4S. The number of nitrogens with two attached hydrogens (primary N) is 1. The van der Waals surface area contributed by atoms with E-state index < -0.39 is 15.9 Å². The molecule has 8 heteroatoms. The number of hydrazine groups is 1. The zero-order valence-electron chi connectivity index (χ0n) is 13.1. The summed E-state index contributed by atoms with van der Waals surface area (Å²) in [5.41, 5.74) is 2.81. The summed E-state index contributed by atoms with van der Waals surface area (Å²) in [5.74, 6) is 4.83. The third-order valence-electron chi connectivity index (χ3n) is 3.30. The number of amides is 1. The minimum absolute atomic E-state index is 0.112. The molecule has 1 amide bonds. The number of carbonyl (C=O) groups is 1. The fourth-order valence-corrected chi connectivity index (χ4v) is 3.25. The monoisotopic (exact) mass is 349 g/mol. The smallest absolute Gasteiger partial charge is 0.271 e. The summed E-state index contributed by atoms with van der Waals surface area (Å²) in [6.45, 7) is 1.53. The molecule has 0 aliphatic carbocycles. The lowest BCUT2D eigenvalue weighted by molar-refractivity contribution is -0.123. The van der Waals surface area contributed by atoms with Crippen LogP contribution in [0, 0.1) is 0 Å². The van der Waals surface area contributed by atoms with Crippen molar-refractivity contribution in [2.45, 2.75) is 17.9 Å². The summed E-state index contributed by atoms with van der Waals surface area (Å²) < 4.78 is 32.6. The number of carbonyl (C=O) groups excluding carboxylic acids is 1. The maximum atomic E-state index is 12.4. The van der Waals surface area contributed by atoms with E-state index in [9.17, 15) is 13.2 Å². The quantitative estimate of drug-likeness (QED) is 0.394. The maximum absolute atomic E-state index is 12.4. The molecule has 0 aromatic heterocycles. The molecule has 0 aliphatic heterocycles. The van der Waals surface area contributed by atoms with E-state index in [0.717, 1.165) is 5.56 Å². The second-order valence-corrected chi connectivity index (χ2v) is 6.80. The van der Waals surface area contributed by atoms with E-state index >= 15 is 0 Å². The number of benzene rings is 2. The lowest BCUT2D eigenvalue weighted by atomic mass is 10.1. The van der Waals surface area contributed by atoms with Crippen molar-refractivity contribution in [3.8, 4) is 5.75 Å².